The number of carbonyl (C=O) groups is 1. The summed E-state index contributed by atoms with van der Waals surface area (Å²) in [5.74, 6) is 1.26. The summed E-state index contributed by atoms with van der Waals surface area (Å²) in [6.07, 6.45) is 2.62. The molecule has 1 aliphatic rings. The van der Waals surface area contributed by atoms with Crippen molar-refractivity contribution < 1.29 is 14.3 Å². The SMILES string of the molecule is COc1cc(OC)c(NCCC(=O)NC2CC2)cc1Cl. The molecule has 5 nitrogen and oxygen atoms in total. The van der Waals surface area contributed by atoms with E-state index in [1.165, 1.54) is 0 Å². The summed E-state index contributed by atoms with van der Waals surface area (Å²) < 4.78 is 10.4. The van der Waals surface area contributed by atoms with Crippen LogP contribution in [0.25, 0.3) is 0 Å². The number of halogens is 1. The molecule has 0 aromatic heterocycles. The summed E-state index contributed by atoms with van der Waals surface area (Å²) in [5, 5.41) is 6.60. The highest BCUT2D eigenvalue weighted by Crippen LogP contribution is 2.35. The first-order valence-electron chi connectivity index (χ1n) is 6.58. The lowest BCUT2D eigenvalue weighted by Gasteiger charge is -2.13. The van der Waals surface area contributed by atoms with Crippen molar-refractivity contribution in [1.82, 2.24) is 5.32 Å². The highest BCUT2D eigenvalue weighted by molar-refractivity contribution is 6.32. The Labute approximate surface area is 123 Å². The minimum Gasteiger partial charge on any atom is -0.495 e. The molecule has 0 aliphatic heterocycles. The second-order valence-corrected chi connectivity index (χ2v) is 5.11. The Hall–Kier alpha value is -1.62. The Morgan fingerprint density at radius 3 is 2.60 bits per heavy atom. The molecule has 1 amide bonds. The van der Waals surface area contributed by atoms with Crippen LogP contribution in [0.2, 0.25) is 5.02 Å². The molecule has 1 aliphatic carbocycles. The van der Waals surface area contributed by atoms with E-state index in [0.29, 0.717) is 35.5 Å². The molecular formula is C14H19ClN2O3. The predicted molar refractivity (Wildman–Crippen MR) is 78.8 cm³/mol. The number of methoxy groups -OCH3 is 2. The summed E-state index contributed by atoms with van der Waals surface area (Å²) in [6, 6.07) is 3.85. The average molecular weight is 299 g/mol. The molecule has 1 fully saturated rings. The standard InChI is InChI=1S/C14H19ClN2O3/c1-19-12-8-13(20-2)11(7-10(12)15)16-6-5-14(18)17-9-3-4-9/h7-9,16H,3-6H2,1-2H3,(H,17,18). The molecule has 1 aromatic rings. The smallest absolute Gasteiger partial charge is 0.221 e. The van der Waals surface area contributed by atoms with Crippen molar-refractivity contribution in [3.63, 3.8) is 0 Å². The Kier molecular flexibility index (Phi) is 4.95. The zero-order chi connectivity index (χ0) is 14.5. The van der Waals surface area contributed by atoms with Crippen LogP contribution in [0, 0.1) is 0 Å². The summed E-state index contributed by atoms with van der Waals surface area (Å²) in [4.78, 5) is 11.6. The summed E-state index contributed by atoms with van der Waals surface area (Å²) >= 11 is 6.08. The molecule has 0 radical (unpaired) electrons. The monoisotopic (exact) mass is 298 g/mol. The van der Waals surface area contributed by atoms with Crippen molar-refractivity contribution in [2.45, 2.75) is 25.3 Å². The molecule has 1 saturated carbocycles. The zero-order valence-corrected chi connectivity index (χ0v) is 12.4. The van der Waals surface area contributed by atoms with Crippen LogP contribution in [-0.2, 0) is 4.79 Å². The number of anilines is 1. The Balaban J connectivity index is 1.90. The van der Waals surface area contributed by atoms with Gasteiger partial charge in [-0.05, 0) is 18.9 Å². The minimum atomic E-state index is 0.0681. The second-order valence-electron chi connectivity index (χ2n) is 4.71. The molecule has 0 heterocycles. The molecule has 2 rings (SSSR count). The molecular weight excluding hydrogens is 280 g/mol. The lowest BCUT2D eigenvalue weighted by molar-refractivity contribution is -0.120. The Morgan fingerprint density at radius 1 is 1.30 bits per heavy atom. The number of nitrogens with one attached hydrogen (secondary N) is 2. The maximum absolute atomic E-state index is 11.6. The molecule has 110 valence electrons. The van der Waals surface area contributed by atoms with Crippen LogP contribution in [0.15, 0.2) is 12.1 Å². The van der Waals surface area contributed by atoms with E-state index in [0.717, 1.165) is 18.5 Å². The quantitative estimate of drug-likeness (QED) is 0.812. The first-order valence-corrected chi connectivity index (χ1v) is 6.96. The molecule has 0 spiro atoms. The maximum Gasteiger partial charge on any atom is 0.221 e. The lowest BCUT2D eigenvalue weighted by atomic mass is 10.2. The largest absolute Gasteiger partial charge is 0.495 e. The van der Waals surface area contributed by atoms with E-state index in [1.807, 2.05) is 0 Å². The van der Waals surface area contributed by atoms with Crippen LogP contribution >= 0.6 is 11.6 Å². The van der Waals surface area contributed by atoms with Gasteiger partial charge in [-0.25, -0.2) is 0 Å². The Morgan fingerprint density at radius 2 is 2.00 bits per heavy atom. The first-order chi connectivity index (χ1) is 9.63. The van der Waals surface area contributed by atoms with E-state index in [9.17, 15) is 4.79 Å². The van der Waals surface area contributed by atoms with Crippen LogP contribution in [0.3, 0.4) is 0 Å². The number of hydrogen-bond acceptors (Lipinski definition) is 4. The highest BCUT2D eigenvalue weighted by atomic mass is 35.5. The van der Waals surface area contributed by atoms with E-state index in [-0.39, 0.29) is 5.91 Å². The number of carbonyl (C=O) groups excluding carboxylic acids is 1. The number of rotatable bonds is 7. The van der Waals surface area contributed by atoms with Gasteiger partial charge in [0.05, 0.1) is 24.9 Å². The fourth-order valence-electron chi connectivity index (χ4n) is 1.84. The van der Waals surface area contributed by atoms with Crippen LogP contribution in [0.1, 0.15) is 19.3 Å². The van der Waals surface area contributed by atoms with Gasteiger partial charge in [0.25, 0.3) is 0 Å². The normalized spacial score (nSPS) is 13.8. The van der Waals surface area contributed by atoms with E-state index in [1.54, 1.807) is 26.4 Å². The molecule has 0 atom stereocenters. The van der Waals surface area contributed by atoms with Gasteiger partial charge in [0.2, 0.25) is 5.91 Å². The molecule has 0 saturated heterocycles. The second kappa shape index (κ2) is 6.70. The zero-order valence-electron chi connectivity index (χ0n) is 11.7. The van der Waals surface area contributed by atoms with Gasteiger partial charge >= 0.3 is 0 Å². The number of hydrogen-bond donors (Lipinski definition) is 2. The molecule has 2 N–H and O–H groups in total. The van der Waals surface area contributed by atoms with E-state index >= 15 is 0 Å². The average Bonchev–Trinajstić information content (AvgIpc) is 3.23. The van der Waals surface area contributed by atoms with Crippen LogP contribution in [-0.4, -0.2) is 32.7 Å². The Bertz CT molecular complexity index is 490. The maximum atomic E-state index is 11.6. The minimum absolute atomic E-state index is 0.0681. The van der Waals surface area contributed by atoms with Gasteiger partial charge < -0.3 is 20.1 Å². The lowest BCUT2D eigenvalue weighted by Crippen LogP contribution is -2.27. The van der Waals surface area contributed by atoms with Gasteiger partial charge in [-0.15, -0.1) is 0 Å². The van der Waals surface area contributed by atoms with E-state index in [4.69, 9.17) is 21.1 Å². The van der Waals surface area contributed by atoms with Crippen molar-refractivity contribution in [2.24, 2.45) is 0 Å². The van der Waals surface area contributed by atoms with Crippen molar-refractivity contribution in [1.29, 1.82) is 0 Å². The fourth-order valence-corrected chi connectivity index (χ4v) is 2.08. The number of ether oxygens (including phenoxy) is 2. The van der Waals surface area contributed by atoms with Crippen LogP contribution in [0.4, 0.5) is 5.69 Å². The first kappa shape index (κ1) is 14.8. The van der Waals surface area contributed by atoms with Gasteiger partial charge in [-0.1, -0.05) is 11.6 Å². The van der Waals surface area contributed by atoms with Gasteiger partial charge in [0.1, 0.15) is 11.5 Å². The van der Waals surface area contributed by atoms with E-state index in [2.05, 4.69) is 10.6 Å². The van der Waals surface area contributed by atoms with E-state index < -0.39 is 0 Å². The number of amides is 1. The molecule has 20 heavy (non-hydrogen) atoms. The third-order valence-electron chi connectivity index (χ3n) is 3.08. The third-order valence-corrected chi connectivity index (χ3v) is 3.38. The van der Waals surface area contributed by atoms with Crippen molar-refractivity contribution >= 4 is 23.2 Å². The van der Waals surface area contributed by atoms with Crippen LogP contribution < -0.4 is 20.1 Å². The fraction of sp³-hybridized carbons (Fsp3) is 0.500. The van der Waals surface area contributed by atoms with Gasteiger partial charge in [0.15, 0.2) is 0 Å². The topological polar surface area (TPSA) is 59.6 Å². The van der Waals surface area contributed by atoms with Crippen molar-refractivity contribution in [3.05, 3.63) is 17.2 Å². The molecule has 0 unspecified atom stereocenters. The van der Waals surface area contributed by atoms with Gasteiger partial charge in [-0.2, -0.15) is 0 Å². The summed E-state index contributed by atoms with van der Waals surface area (Å²) in [6.45, 7) is 0.525. The summed E-state index contributed by atoms with van der Waals surface area (Å²) in [7, 11) is 3.13. The van der Waals surface area contributed by atoms with Gasteiger partial charge in [-0.3, -0.25) is 4.79 Å². The third kappa shape index (κ3) is 3.93. The molecule has 1 aromatic carbocycles. The molecule has 6 heteroatoms. The predicted octanol–water partition coefficient (Wildman–Crippen LogP) is 2.44. The number of benzene rings is 1. The van der Waals surface area contributed by atoms with Gasteiger partial charge in [0, 0.05) is 25.1 Å². The summed E-state index contributed by atoms with van der Waals surface area (Å²) in [5.41, 5.74) is 0.748. The highest BCUT2D eigenvalue weighted by Gasteiger charge is 2.22. The van der Waals surface area contributed by atoms with Crippen molar-refractivity contribution in [3.8, 4) is 11.5 Å². The van der Waals surface area contributed by atoms with Crippen molar-refractivity contribution in [2.75, 3.05) is 26.1 Å². The van der Waals surface area contributed by atoms with Crippen LogP contribution in [0.5, 0.6) is 11.5 Å². The molecule has 0 bridgehead atoms.